The molecule has 0 unspecified atom stereocenters. The van der Waals surface area contributed by atoms with E-state index in [4.69, 9.17) is 0 Å². The number of rotatable bonds is 3. The Morgan fingerprint density at radius 1 is 0.720 bits per heavy atom. The monoisotopic (exact) mass is 350 g/mol. The van der Waals surface area contributed by atoms with Crippen molar-refractivity contribution in [3.05, 3.63) is 0 Å². The van der Waals surface area contributed by atoms with E-state index < -0.39 is 0 Å². The molecule has 142 valence electrons. The van der Waals surface area contributed by atoms with Gasteiger partial charge in [-0.1, -0.05) is 25.7 Å². The van der Waals surface area contributed by atoms with Crippen molar-refractivity contribution in [2.75, 3.05) is 45.8 Å². The fourth-order valence-electron chi connectivity index (χ4n) is 4.23. The molecule has 0 bridgehead atoms. The molecule has 1 aliphatic carbocycles. The largest absolute Gasteiger partial charge is 0.342 e. The van der Waals surface area contributed by atoms with Gasteiger partial charge in [0.05, 0.1) is 6.54 Å². The SMILES string of the molecule is O=C(CN1CCN(C(=O)NC2CCCCCC2)CC1)N1CCCCC1. The highest BCUT2D eigenvalue weighted by Gasteiger charge is 2.26. The number of nitrogens with one attached hydrogen (secondary N) is 1. The molecular weight excluding hydrogens is 316 g/mol. The zero-order chi connectivity index (χ0) is 17.5. The highest BCUT2D eigenvalue weighted by Crippen LogP contribution is 2.17. The highest BCUT2D eigenvalue weighted by molar-refractivity contribution is 5.78. The molecule has 0 aromatic heterocycles. The minimum absolute atomic E-state index is 0.0916. The van der Waals surface area contributed by atoms with Gasteiger partial charge in [0.2, 0.25) is 5.91 Å². The maximum atomic E-state index is 12.5. The number of piperazine rings is 1. The molecule has 0 atom stereocenters. The summed E-state index contributed by atoms with van der Waals surface area (Å²) in [6, 6.07) is 0.447. The van der Waals surface area contributed by atoms with Crippen molar-refractivity contribution >= 4 is 11.9 Å². The van der Waals surface area contributed by atoms with Gasteiger partial charge >= 0.3 is 6.03 Å². The van der Waals surface area contributed by atoms with E-state index in [9.17, 15) is 9.59 Å². The molecule has 2 aliphatic heterocycles. The first-order valence-corrected chi connectivity index (χ1v) is 10.3. The summed E-state index contributed by atoms with van der Waals surface area (Å²) in [6.45, 7) is 5.41. The minimum Gasteiger partial charge on any atom is -0.342 e. The summed E-state index contributed by atoms with van der Waals surface area (Å²) in [5.41, 5.74) is 0. The van der Waals surface area contributed by atoms with Crippen molar-refractivity contribution < 1.29 is 9.59 Å². The molecule has 0 aromatic rings. The van der Waals surface area contributed by atoms with E-state index in [-0.39, 0.29) is 11.9 Å². The Morgan fingerprint density at radius 2 is 1.32 bits per heavy atom. The zero-order valence-corrected chi connectivity index (χ0v) is 15.5. The van der Waals surface area contributed by atoms with Crippen LogP contribution < -0.4 is 5.32 Å². The fraction of sp³-hybridized carbons (Fsp3) is 0.895. The topological polar surface area (TPSA) is 55.9 Å². The average molecular weight is 351 g/mol. The third-order valence-corrected chi connectivity index (χ3v) is 5.91. The number of piperidine rings is 1. The van der Waals surface area contributed by atoms with Crippen LogP contribution in [0, 0.1) is 0 Å². The van der Waals surface area contributed by atoms with Crippen LogP contribution >= 0.6 is 0 Å². The first-order chi connectivity index (χ1) is 12.2. The van der Waals surface area contributed by atoms with Gasteiger partial charge in [-0.25, -0.2) is 4.79 Å². The van der Waals surface area contributed by atoms with Crippen molar-refractivity contribution in [3.8, 4) is 0 Å². The lowest BCUT2D eigenvalue weighted by atomic mass is 10.1. The molecular formula is C19H34N4O2. The van der Waals surface area contributed by atoms with Gasteiger partial charge < -0.3 is 15.1 Å². The van der Waals surface area contributed by atoms with Crippen molar-refractivity contribution in [3.63, 3.8) is 0 Å². The van der Waals surface area contributed by atoms with Crippen LogP contribution in [0.2, 0.25) is 0 Å². The van der Waals surface area contributed by atoms with Crippen LogP contribution in [0.4, 0.5) is 4.79 Å². The number of carbonyl (C=O) groups excluding carboxylic acids is 2. The van der Waals surface area contributed by atoms with E-state index in [0.717, 1.165) is 65.0 Å². The first kappa shape index (κ1) is 18.5. The molecule has 0 aromatic carbocycles. The molecule has 3 amide bonds. The van der Waals surface area contributed by atoms with Crippen molar-refractivity contribution in [2.45, 2.75) is 63.8 Å². The van der Waals surface area contributed by atoms with E-state index in [1.807, 2.05) is 9.80 Å². The van der Waals surface area contributed by atoms with E-state index in [2.05, 4.69) is 10.2 Å². The van der Waals surface area contributed by atoms with Crippen LogP contribution in [0.3, 0.4) is 0 Å². The molecule has 3 aliphatic rings. The average Bonchev–Trinajstić information content (AvgIpc) is 2.91. The third kappa shape index (κ3) is 5.59. The predicted octanol–water partition coefficient (Wildman–Crippen LogP) is 2.05. The van der Waals surface area contributed by atoms with Crippen molar-refractivity contribution in [2.24, 2.45) is 0 Å². The Labute approximate surface area is 151 Å². The van der Waals surface area contributed by atoms with Crippen LogP contribution in [0.25, 0.3) is 0 Å². The van der Waals surface area contributed by atoms with Gasteiger partial charge in [-0.2, -0.15) is 0 Å². The Morgan fingerprint density at radius 3 is 1.96 bits per heavy atom. The molecule has 3 rings (SSSR count). The summed E-state index contributed by atoms with van der Waals surface area (Å²) in [5, 5.41) is 3.23. The summed E-state index contributed by atoms with van der Waals surface area (Å²) >= 11 is 0. The quantitative estimate of drug-likeness (QED) is 0.793. The van der Waals surface area contributed by atoms with Crippen molar-refractivity contribution in [1.82, 2.24) is 20.0 Å². The molecule has 25 heavy (non-hydrogen) atoms. The van der Waals surface area contributed by atoms with Crippen molar-refractivity contribution in [1.29, 1.82) is 0 Å². The molecule has 6 heteroatoms. The Balaban J connectivity index is 1.37. The standard InChI is InChI=1S/C19H34N4O2/c24-18(22-10-6-3-7-11-22)16-21-12-14-23(15-13-21)19(25)20-17-8-4-1-2-5-9-17/h17H,1-16H2,(H,20,25). The summed E-state index contributed by atoms with van der Waals surface area (Å²) in [7, 11) is 0. The van der Waals surface area contributed by atoms with Gasteiger partial charge in [-0.15, -0.1) is 0 Å². The van der Waals surface area contributed by atoms with Gasteiger partial charge in [-0.3, -0.25) is 9.69 Å². The maximum Gasteiger partial charge on any atom is 0.317 e. The van der Waals surface area contributed by atoms with Gasteiger partial charge in [0.15, 0.2) is 0 Å². The molecule has 6 nitrogen and oxygen atoms in total. The third-order valence-electron chi connectivity index (χ3n) is 5.91. The van der Waals surface area contributed by atoms with Gasteiger partial charge in [0.1, 0.15) is 0 Å². The lowest BCUT2D eigenvalue weighted by Crippen LogP contribution is -2.55. The van der Waals surface area contributed by atoms with Gasteiger partial charge in [0.25, 0.3) is 0 Å². The number of nitrogens with zero attached hydrogens (tertiary/aromatic N) is 3. The number of urea groups is 1. The smallest absolute Gasteiger partial charge is 0.317 e. The molecule has 1 saturated carbocycles. The van der Waals surface area contributed by atoms with Crippen LogP contribution in [0.15, 0.2) is 0 Å². The highest BCUT2D eigenvalue weighted by atomic mass is 16.2. The molecule has 3 fully saturated rings. The Bertz CT molecular complexity index is 435. The van der Waals surface area contributed by atoms with Crippen LogP contribution in [-0.4, -0.2) is 78.5 Å². The zero-order valence-electron chi connectivity index (χ0n) is 15.5. The lowest BCUT2D eigenvalue weighted by molar-refractivity contribution is -0.133. The second kappa shape index (κ2) is 9.41. The fourth-order valence-corrected chi connectivity index (χ4v) is 4.23. The van der Waals surface area contributed by atoms with Gasteiger partial charge in [-0.05, 0) is 32.1 Å². The second-order valence-electron chi connectivity index (χ2n) is 7.84. The predicted molar refractivity (Wildman–Crippen MR) is 98.5 cm³/mol. The number of likely N-dealkylation sites (tertiary alicyclic amines) is 1. The Kier molecular flexibility index (Phi) is 6.96. The number of hydrogen-bond acceptors (Lipinski definition) is 3. The summed E-state index contributed by atoms with van der Waals surface area (Å²) in [5.74, 6) is 0.260. The van der Waals surface area contributed by atoms with Crippen LogP contribution in [0.5, 0.6) is 0 Å². The van der Waals surface area contributed by atoms with E-state index in [0.29, 0.717) is 12.6 Å². The maximum absolute atomic E-state index is 12.5. The first-order valence-electron chi connectivity index (χ1n) is 10.3. The van der Waals surface area contributed by atoms with Crippen LogP contribution in [-0.2, 0) is 4.79 Å². The molecule has 1 N–H and O–H groups in total. The second-order valence-corrected chi connectivity index (χ2v) is 7.84. The number of hydrogen-bond donors (Lipinski definition) is 1. The summed E-state index contributed by atoms with van der Waals surface area (Å²) in [4.78, 5) is 31.0. The van der Waals surface area contributed by atoms with Gasteiger partial charge in [0, 0.05) is 45.3 Å². The normalized spacial score (nSPS) is 24.0. The van der Waals surface area contributed by atoms with E-state index in [1.54, 1.807) is 0 Å². The molecule has 2 heterocycles. The van der Waals surface area contributed by atoms with E-state index in [1.165, 1.54) is 32.1 Å². The number of carbonyl (C=O) groups is 2. The summed E-state index contributed by atoms with van der Waals surface area (Å²) < 4.78 is 0. The Hall–Kier alpha value is -1.30. The summed E-state index contributed by atoms with van der Waals surface area (Å²) in [6.07, 6.45) is 10.8. The van der Waals surface area contributed by atoms with E-state index >= 15 is 0 Å². The van der Waals surface area contributed by atoms with Crippen LogP contribution in [0.1, 0.15) is 57.8 Å². The molecule has 2 saturated heterocycles. The lowest BCUT2D eigenvalue weighted by Gasteiger charge is -2.36. The molecule has 0 radical (unpaired) electrons. The molecule has 0 spiro atoms. The number of amides is 3. The minimum atomic E-state index is 0.0916.